The van der Waals surface area contributed by atoms with Gasteiger partial charge >= 0.3 is 0 Å². The van der Waals surface area contributed by atoms with Crippen molar-refractivity contribution in [3.8, 4) is 89.8 Å². The average molecular weight is 941 g/mol. The predicted molar refractivity (Wildman–Crippen MR) is 313 cm³/mol. The number of hydrogen-bond donors (Lipinski definition) is 0. The molecular weight excluding hydrogens is 893 g/mol. The molecule has 0 fully saturated rings. The van der Waals surface area contributed by atoms with Gasteiger partial charge in [0, 0.05) is 11.4 Å². The second kappa shape index (κ2) is 18.1. The standard InChI is InChI=1S/C72H48N2/c1-6-21-50(22-7-1)61-39-36-51-23-18-19-33-60(51)71(61)72-63-41-38-58(73-66(52-24-8-2-9-25-52)42-43-67(73)53-26-10-3-11-27-53)47-64(63)70(57-35-34-49-20-16-17-32-56(49)46-57)62-40-37-59(48-65(62)72)74-68(54-28-12-4-13-29-54)44-45-69(74)55-30-14-5-15-31-55/h1-48H. The van der Waals surface area contributed by atoms with E-state index >= 15 is 0 Å². The lowest BCUT2D eigenvalue weighted by Crippen LogP contribution is -2.02. The summed E-state index contributed by atoms with van der Waals surface area (Å²) in [6.45, 7) is 0. The highest BCUT2D eigenvalue weighted by Crippen LogP contribution is 2.50. The third-order valence-electron chi connectivity index (χ3n) is 14.9. The van der Waals surface area contributed by atoms with Gasteiger partial charge in [-0.2, -0.15) is 0 Å². The van der Waals surface area contributed by atoms with Crippen LogP contribution in [0.4, 0.5) is 0 Å². The smallest absolute Gasteiger partial charge is 0.0535 e. The summed E-state index contributed by atoms with van der Waals surface area (Å²) in [6.07, 6.45) is 0. The van der Waals surface area contributed by atoms with Crippen LogP contribution in [0.25, 0.3) is 133 Å². The first kappa shape index (κ1) is 43.1. The lowest BCUT2D eigenvalue weighted by molar-refractivity contribution is 1.10. The van der Waals surface area contributed by atoms with Gasteiger partial charge in [0.05, 0.1) is 22.8 Å². The maximum atomic E-state index is 2.48. The Morgan fingerprint density at radius 3 is 1.08 bits per heavy atom. The third-order valence-corrected chi connectivity index (χ3v) is 14.9. The zero-order valence-electron chi connectivity index (χ0n) is 40.6. The topological polar surface area (TPSA) is 9.86 Å². The molecule has 0 unspecified atom stereocenters. The minimum absolute atomic E-state index is 1.09. The lowest BCUT2D eigenvalue weighted by atomic mass is 9.81. The Morgan fingerprint density at radius 1 is 0.189 bits per heavy atom. The molecule has 2 heteroatoms. The van der Waals surface area contributed by atoms with Crippen molar-refractivity contribution >= 4 is 43.1 Å². The van der Waals surface area contributed by atoms with Crippen molar-refractivity contribution < 1.29 is 0 Å². The zero-order valence-corrected chi connectivity index (χ0v) is 40.6. The predicted octanol–water partition coefficient (Wildman–Crippen LogP) is 19.5. The van der Waals surface area contributed by atoms with E-state index in [1.54, 1.807) is 0 Å². The Morgan fingerprint density at radius 2 is 0.581 bits per heavy atom. The molecule has 0 bridgehead atoms. The fourth-order valence-corrected chi connectivity index (χ4v) is 11.6. The number of hydrogen-bond acceptors (Lipinski definition) is 0. The van der Waals surface area contributed by atoms with Crippen LogP contribution >= 0.6 is 0 Å². The summed E-state index contributed by atoms with van der Waals surface area (Å²) in [5.74, 6) is 0. The van der Waals surface area contributed by atoms with E-state index < -0.39 is 0 Å². The van der Waals surface area contributed by atoms with Crippen LogP contribution in [0.3, 0.4) is 0 Å². The minimum atomic E-state index is 1.09. The molecule has 0 radical (unpaired) electrons. The average Bonchev–Trinajstić information content (AvgIpc) is 4.14. The van der Waals surface area contributed by atoms with Crippen LogP contribution in [0.1, 0.15) is 0 Å². The van der Waals surface area contributed by atoms with E-state index in [4.69, 9.17) is 0 Å². The van der Waals surface area contributed by atoms with Crippen LogP contribution in [0, 0.1) is 0 Å². The third kappa shape index (κ3) is 7.35. The van der Waals surface area contributed by atoms with E-state index in [-0.39, 0.29) is 0 Å². The highest BCUT2D eigenvalue weighted by Gasteiger charge is 2.25. The fraction of sp³-hybridized carbons (Fsp3) is 0. The van der Waals surface area contributed by atoms with Crippen molar-refractivity contribution in [2.24, 2.45) is 0 Å². The SMILES string of the molecule is c1ccc(-c2ccc3ccccc3c2-c2c3ccc(-n4c(-c5ccccc5)ccc4-c4ccccc4)cc3c(-c3ccc4ccccc4c3)c3ccc(-n4c(-c5ccccc5)ccc4-c4ccccc4)cc23)cc1. The van der Waals surface area contributed by atoms with Crippen molar-refractivity contribution in [3.05, 3.63) is 291 Å². The summed E-state index contributed by atoms with van der Waals surface area (Å²) >= 11 is 0. The molecule has 0 aliphatic carbocycles. The van der Waals surface area contributed by atoms with Gasteiger partial charge in [0.1, 0.15) is 0 Å². The second-order valence-corrected chi connectivity index (χ2v) is 19.2. The molecular formula is C72H48N2. The van der Waals surface area contributed by atoms with Gasteiger partial charge < -0.3 is 9.13 Å². The summed E-state index contributed by atoms with van der Waals surface area (Å²) in [6, 6.07) is 107. The fourth-order valence-electron chi connectivity index (χ4n) is 11.6. The van der Waals surface area contributed by atoms with Gasteiger partial charge in [0.2, 0.25) is 0 Å². The van der Waals surface area contributed by atoms with E-state index in [0.717, 1.165) is 56.4 Å². The Balaban J connectivity index is 1.16. The van der Waals surface area contributed by atoms with Crippen molar-refractivity contribution in [1.82, 2.24) is 9.13 Å². The van der Waals surface area contributed by atoms with Gasteiger partial charge in [0.15, 0.2) is 0 Å². The first-order valence-corrected chi connectivity index (χ1v) is 25.5. The molecule has 0 N–H and O–H groups in total. The van der Waals surface area contributed by atoms with Crippen LogP contribution in [0.15, 0.2) is 291 Å². The molecule has 0 amide bonds. The zero-order chi connectivity index (χ0) is 49.0. The first-order valence-electron chi connectivity index (χ1n) is 25.5. The Labute approximate surface area is 431 Å². The maximum absolute atomic E-state index is 2.48. The van der Waals surface area contributed by atoms with Gasteiger partial charge in [-0.25, -0.2) is 0 Å². The van der Waals surface area contributed by atoms with E-state index in [1.165, 1.54) is 76.5 Å². The molecule has 14 rings (SSSR count). The van der Waals surface area contributed by atoms with Crippen LogP contribution < -0.4 is 0 Å². The number of benzene rings is 12. The first-order chi connectivity index (χ1) is 36.7. The highest BCUT2D eigenvalue weighted by atomic mass is 15.0. The molecule has 12 aromatic carbocycles. The second-order valence-electron chi connectivity index (χ2n) is 19.2. The molecule has 2 aromatic heterocycles. The normalized spacial score (nSPS) is 11.5. The summed E-state index contributed by atoms with van der Waals surface area (Å²) < 4.78 is 4.91. The lowest BCUT2D eigenvalue weighted by Gasteiger charge is -2.24. The van der Waals surface area contributed by atoms with Gasteiger partial charge in [-0.3, -0.25) is 0 Å². The summed E-state index contributed by atoms with van der Waals surface area (Å²) in [5.41, 5.74) is 18.5. The molecule has 14 aromatic rings. The number of fused-ring (bicyclic) bond motifs is 4. The molecule has 0 saturated heterocycles. The molecule has 0 aliphatic rings. The molecule has 74 heavy (non-hydrogen) atoms. The van der Waals surface area contributed by atoms with Gasteiger partial charge in [-0.05, 0) is 153 Å². The largest absolute Gasteiger partial charge is 0.309 e. The Kier molecular flexibility index (Phi) is 10.6. The van der Waals surface area contributed by atoms with Crippen molar-refractivity contribution in [2.45, 2.75) is 0 Å². The van der Waals surface area contributed by atoms with E-state index in [0.29, 0.717) is 0 Å². The molecule has 0 saturated carbocycles. The molecule has 0 aliphatic heterocycles. The van der Waals surface area contributed by atoms with Crippen molar-refractivity contribution in [3.63, 3.8) is 0 Å². The van der Waals surface area contributed by atoms with Crippen molar-refractivity contribution in [2.75, 3.05) is 0 Å². The number of nitrogens with zero attached hydrogens (tertiary/aromatic N) is 2. The molecule has 0 atom stereocenters. The Hall–Kier alpha value is -9.76. The van der Waals surface area contributed by atoms with Crippen LogP contribution in [0.2, 0.25) is 0 Å². The quantitative estimate of drug-likeness (QED) is 0.128. The van der Waals surface area contributed by atoms with E-state index in [9.17, 15) is 0 Å². The molecule has 0 spiro atoms. The van der Waals surface area contributed by atoms with Gasteiger partial charge in [0.25, 0.3) is 0 Å². The monoisotopic (exact) mass is 940 g/mol. The maximum Gasteiger partial charge on any atom is 0.0535 e. The Bertz CT molecular complexity index is 4260. The molecule has 346 valence electrons. The minimum Gasteiger partial charge on any atom is -0.309 e. The van der Waals surface area contributed by atoms with Crippen LogP contribution in [0.5, 0.6) is 0 Å². The number of aromatic nitrogens is 2. The van der Waals surface area contributed by atoms with Crippen LogP contribution in [-0.2, 0) is 0 Å². The molecule has 2 heterocycles. The number of rotatable bonds is 9. The molecule has 2 nitrogen and oxygen atoms in total. The highest BCUT2D eigenvalue weighted by molar-refractivity contribution is 6.26. The summed E-state index contributed by atoms with van der Waals surface area (Å²) in [7, 11) is 0. The summed E-state index contributed by atoms with van der Waals surface area (Å²) in [4.78, 5) is 0. The van der Waals surface area contributed by atoms with Crippen molar-refractivity contribution in [1.29, 1.82) is 0 Å². The van der Waals surface area contributed by atoms with E-state index in [1.807, 2.05) is 0 Å². The van der Waals surface area contributed by atoms with Crippen LogP contribution in [-0.4, -0.2) is 9.13 Å². The van der Waals surface area contributed by atoms with E-state index in [2.05, 4.69) is 300 Å². The summed E-state index contributed by atoms with van der Waals surface area (Å²) in [5, 5.41) is 9.57. The van der Waals surface area contributed by atoms with Gasteiger partial charge in [-0.1, -0.05) is 237 Å². The van der Waals surface area contributed by atoms with Gasteiger partial charge in [-0.15, -0.1) is 0 Å².